The highest BCUT2D eigenvalue weighted by Gasteiger charge is 2.09. The Balaban J connectivity index is 2.30. The molecule has 0 aromatic heterocycles. The van der Waals surface area contributed by atoms with Gasteiger partial charge in [0.2, 0.25) is 5.76 Å². The molecular weight excluding hydrogens is 220 g/mol. The first-order valence-electron chi connectivity index (χ1n) is 5.41. The molecule has 0 spiro atoms. The van der Waals surface area contributed by atoms with Crippen molar-refractivity contribution in [3.63, 3.8) is 0 Å². The Morgan fingerprint density at radius 3 is 2.47 bits per heavy atom. The van der Waals surface area contributed by atoms with Crippen LogP contribution in [0.3, 0.4) is 0 Å². The van der Waals surface area contributed by atoms with Crippen LogP contribution in [-0.4, -0.2) is 22.8 Å². The molecule has 1 rings (SSSR count). The number of aryl methyl sites for hydroxylation is 1. The van der Waals surface area contributed by atoms with Crippen LogP contribution in [-0.2, 0) is 16.0 Å². The molecule has 0 aliphatic rings. The second-order valence-electron chi connectivity index (χ2n) is 3.65. The zero-order chi connectivity index (χ0) is 12.7. The molecule has 0 bridgehead atoms. The molecule has 1 aromatic rings. The van der Waals surface area contributed by atoms with Gasteiger partial charge in [0.25, 0.3) is 0 Å². The highest BCUT2D eigenvalue weighted by Crippen LogP contribution is 2.06. The number of allylic oxidation sites excluding steroid dienone is 1. The summed E-state index contributed by atoms with van der Waals surface area (Å²) in [6.07, 6.45) is 1.64. The summed E-state index contributed by atoms with van der Waals surface area (Å²) in [7, 11) is 0. The van der Waals surface area contributed by atoms with E-state index in [1.54, 1.807) is 0 Å². The number of carbonyl (C=O) groups is 1. The number of carboxylic acid groups (broad SMARTS) is 1. The third-order valence-electron chi connectivity index (χ3n) is 2.31. The van der Waals surface area contributed by atoms with Gasteiger partial charge in [0, 0.05) is 0 Å². The first kappa shape index (κ1) is 13.1. The Morgan fingerprint density at radius 2 is 1.88 bits per heavy atom. The number of aliphatic hydroxyl groups excluding tert-OH is 1. The molecule has 0 aliphatic heterocycles. The zero-order valence-electron chi connectivity index (χ0n) is 9.72. The van der Waals surface area contributed by atoms with Crippen molar-refractivity contribution in [2.45, 2.75) is 19.8 Å². The molecule has 0 saturated heterocycles. The van der Waals surface area contributed by atoms with Gasteiger partial charge in [-0.3, -0.25) is 0 Å². The largest absolute Gasteiger partial charge is 0.499 e. The zero-order valence-corrected chi connectivity index (χ0v) is 9.72. The standard InChI is InChI=1S/C13H16O4/c1-10(12(14)13(15)16)17-9-5-8-11-6-3-2-4-7-11/h2-4,6-7,14H,5,8-9H2,1H3,(H,15,16). The minimum atomic E-state index is -1.37. The van der Waals surface area contributed by atoms with E-state index in [9.17, 15) is 4.79 Å². The van der Waals surface area contributed by atoms with Crippen molar-refractivity contribution >= 4 is 5.97 Å². The van der Waals surface area contributed by atoms with Gasteiger partial charge >= 0.3 is 5.97 Å². The lowest BCUT2D eigenvalue weighted by Crippen LogP contribution is -2.05. The smallest absolute Gasteiger partial charge is 0.374 e. The number of benzene rings is 1. The first-order valence-corrected chi connectivity index (χ1v) is 5.41. The van der Waals surface area contributed by atoms with Crippen molar-refractivity contribution in [2.75, 3.05) is 6.61 Å². The summed E-state index contributed by atoms with van der Waals surface area (Å²) < 4.78 is 5.14. The first-order chi connectivity index (χ1) is 8.11. The maximum Gasteiger partial charge on any atom is 0.374 e. The van der Waals surface area contributed by atoms with Crippen LogP contribution in [0, 0.1) is 0 Å². The van der Waals surface area contributed by atoms with Gasteiger partial charge in [0.1, 0.15) is 5.76 Å². The molecular formula is C13H16O4. The van der Waals surface area contributed by atoms with Gasteiger partial charge in [-0.2, -0.15) is 0 Å². The molecule has 0 saturated carbocycles. The number of hydrogen-bond donors (Lipinski definition) is 2. The third kappa shape index (κ3) is 4.59. The summed E-state index contributed by atoms with van der Waals surface area (Å²) >= 11 is 0. The minimum Gasteiger partial charge on any atom is -0.499 e. The van der Waals surface area contributed by atoms with Crippen LogP contribution in [0.25, 0.3) is 0 Å². The van der Waals surface area contributed by atoms with Crippen LogP contribution in [0.5, 0.6) is 0 Å². The third-order valence-corrected chi connectivity index (χ3v) is 2.31. The summed E-state index contributed by atoms with van der Waals surface area (Å²) in [5, 5.41) is 17.6. The van der Waals surface area contributed by atoms with Crippen LogP contribution >= 0.6 is 0 Å². The molecule has 0 fully saturated rings. The second kappa shape index (κ2) is 6.58. The molecule has 0 radical (unpaired) electrons. The summed E-state index contributed by atoms with van der Waals surface area (Å²) in [5.74, 6) is -2.05. The number of aliphatic carboxylic acids is 1. The molecule has 4 heteroatoms. The number of aliphatic hydroxyl groups is 1. The molecule has 2 N–H and O–H groups in total. The Labute approximate surface area is 100 Å². The van der Waals surface area contributed by atoms with E-state index in [1.165, 1.54) is 12.5 Å². The Bertz CT molecular complexity index is 395. The fourth-order valence-electron chi connectivity index (χ4n) is 1.37. The molecule has 92 valence electrons. The quantitative estimate of drug-likeness (QED) is 0.452. The van der Waals surface area contributed by atoms with E-state index in [4.69, 9.17) is 14.9 Å². The molecule has 0 aliphatic carbocycles. The Morgan fingerprint density at radius 1 is 1.24 bits per heavy atom. The number of carboxylic acids is 1. The van der Waals surface area contributed by atoms with Crippen molar-refractivity contribution in [1.29, 1.82) is 0 Å². The van der Waals surface area contributed by atoms with E-state index < -0.39 is 11.7 Å². The topological polar surface area (TPSA) is 66.8 Å². The second-order valence-corrected chi connectivity index (χ2v) is 3.65. The van der Waals surface area contributed by atoms with Gasteiger partial charge < -0.3 is 14.9 Å². The van der Waals surface area contributed by atoms with Crippen molar-refractivity contribution in [1.82, 2.24) is 0 Å². The van der Waals surface area contributed by atoms with E-state index >= 15 is 0 Å². The summed E-state index contributed by atoms with van der Waals surface area (Å²) in [4.78, 5) is 10.4. The molecule has 1 aromatic carbocycles. The lowest BCUT2D eigenvalue weighted by atomic mass is 10.1. The van der Waals surface area contributed by atoms with Crippen LogP contribution in [0.4, 0.5) is 0 Å². The lowest BCUT2D eigenvalue weighted by molar-refractivity contribution is -0.136. The number of hydrogen-bond acceptors (Lipinski definition) is 3. The maximum atomic E-state index is 10.4. The van der Waals surface area contributed by atoms with Gasteiger partial charge in [-0.1, -0.05) is 30.3 Å². The van der Waals surface area contributed by atoms with E-state index in [-0.39, 0.29) is 5.76 Å². The predicted molar refractivity (Wildman–Crippen MR) is 63.7 cm³/mol. The molecule has 4 nitrogen and oxygen atoms in total. The van der Waals surface area contributed by atoms with Crippen molar-refractivity contribution < 1.29 is 19.7 Å². The van der Waals surface area contributed by atoms with Gasteiger partial charge in [0.15, 0.2) is 0 Å². The van der Waals surface area contributed by atoms with Crippen LogP contribution in [0.15, 0.2) is 41.9 Å². The maximum absolute atomic E-state index is 10.4. The van der Waals surface area contributed by atoms with Gasteiger partial charge in [0.05, 0.1) is 6.61 Å². The van der Waals surface area contributed by atoms with E-state index in [0.29, 0.717) is 6.61 Å². The molecule has 0 amide bonds. The highest BCUT2D eigenvalue weighted by molar-refractivity contribution is 5.84. The predicted octanol–water partition coefficient (Wildman–Crippen LogP) is 2.51. The van der Waals surface area contributed by atoms with Gasteiger partial charge in [-0.25, -0.2) is 4.79 Å². The fraction of sp³-hybridized carbons (Fsp3) is 0.308. The Hall–Kier alpha value is -1.97. The van der Waals surface area contributed by atoms with Crippen LogP contribution < -0.4 is 0 Å². The number of ether oxygens (including phenoxy) is 1. The number of rotatable bonds is 6. The van der Waals surface area contributed by atoms with E-state index in [0.717, 1.165) is 12.8 Å². The highest BCUT2D eigenvalue weighted by atomic mass is 16.5. The fourth-order valence-corrected chi connectivity index (χ4v) is 1.37. The average Bonchev–Trinajstić information content (AvgIpc) is 2.34. The van der Waals surface area contributed by atoms with Crippen molar-refractivity contribution in [3.05, 3.63) is 47.4 Å². The summed E-state index contributed by atoms with van der Waals surface area (Å²) in [6.45, 7) is 1.82. The monoisotopic (exact) mass is 236 g/mol. The van der Waals surface area contributed by atoms with Crippen LogP contribution in [0.1, 0.15) is 18.9 Å². The van der Waals surface area contributed by atoms with Crippen molar-refractivity contribution in [3.8, 4) is 0 Å². The molecule has 17 heavy (non-hydrogen) atoms. The van der Waals surface area contributed by atoms with Crippen LogP contribution in [0.2, 0.25) is 0 Å². The Kier molecular flexibility index (Phi) is 5.07. The average molecular weight is 236 g/mol. The molecule has 0 atom stereocenters. The van der Waals surface area contributed by atoms with Crippen molar-refractivity contribution in [2.24, 2.45) is 0 Å². The van der Waals surface area contributed by atoms with E-state index in [1.807, 2.05) is 30.3 Å². The normalized spacial score (nSPS) is 11.8. The van der Waals surface area contributed by atoms with Gasteiger partial charge in [-0.15, -0.1) is 0 Å². The summed E-state index contributed by atoms with van der Waals surface area (Å²) in [5.41, 5.74) is 1.21. The summed E-state index contributed by atoms with van der Waals surface area (Å²) in [6, 6.07) is 9.95. The molecule has 0 unspecified atom stereocenters. The molecule has 0 heterocycles. The van der Waals surface area contributed by atoms with Gasteiger partial charge in [-0.05, 0) is 25.3 Å². The SMILES string of the molecule is CC(OCCCc1ccccc1)=C(O)C(=O)O. The van der Waals surface area contributed by atoms with E-state index in [2.05, 4.69) is 0 Å². The lowest BCUT2D eigenvalue weighted by Gasteiger charge is -2.07. The minimum absolute atomic E-state index is 0.0468.